The fourth-order valence-corrected chi connectivity index (χ4v) is 3.05. The van der Waals surface area contributed by atoms with Gasteiger partial charge in [0.25, 0.3) is 11.8 Å². The van der Waals surface area contributed by atoms with Crippen LogP contribution in [-0.2, 0) is 6.42 Å². The van der Waals surface area contributed by atoms with E-state index in [9.17, 15) is 4.79 Å². The van der Waals surface area contributed by atoms with Crippen molar-refractivity contribution < 1.29 is 18.8 Å². The van der Waals surface area contributed by atoms with E-state index >= 15 is 0 Å². The molecule has 0 atom stereocenters. The summed E-state index contributed by atoms with van der Waals surface area (Å²) in [4.78, 5) is 14.2. The topological polar surface area (TPSA) is 64.8 Å². The highest BCUT2D eigenvalue weighted by atomic mass is 16.5. The van der Waals surface area contributed by atoms with Gasteiger partial charge in [0, 0.05) is 13.1 Å². The lowest BCUT2D eigenvalue weighted by Crippen LogP contribution is -2.38. The Hall–Kier alpha value is -2.50. The van der Waals surface area contributed by atoms with Gasteiger partial charge in [0.1, 0.15) is 5.75 Å². The predicted molar refractivity (Wildman–Crippen MR) is 88.4 cm³/mol. The van der Waals surface area contributed by atoms with Gasteiger partial charge in [0.05, 0.1) is 20.3 Å². The molecule has 0 aliphatic carbocycles. The molecule has 0 radical (unpaired) electrons. The zero-order valence-corrected chi connectivity index (χ0v) is 14.0. The average Bonchev–Trinajstić information content (AvgIpc) is 3.11. The molecule has 1 aromatic carbocycles. The molecular weight excluding hydrogens is 308 g/mol. The molecule has 3 rings (SSSR count). The molecule has 1 saturated heterocycles. The van der Waals surface area contributed by atoms with Crippen LogP contribution in [0.2, 0.25) is 0 Å². The molecule has 1 amide bonds. The Balaban J connectivity index is 1.52. The average molecular weight is 330 g/mol. The summed E-state index contributed by atoms with van der Waals surface area (Å²) in [5, 5.41) is 3.68. The van der Waals surface area contributed by atoms with E-state index in [4.69, 9.17) is 14.0 Å². The molecule has 0 N–H and O–H groups in total. The monoisotopic (exact) mass is 330 g/mol. The van der Waals surface area contributed by atoms with Crippen LogP contribution in [0.15, 0.2) is 34.9 Å². The van der Waals surface area contributed by atoms with Crippen molar-refractivity contribution in [2.45, 2.75) is 19.3 Å². The van der Waals surface area contributed by atoms with E-state index in [-0.39, 0.29) is 11.7 Å². The van der Waals surface area contributed by atoms with E-state index in [0.29, 0.717) is 11.8 Å². The van der Waals surface area contributed by atoms with Crippen LogP contribution in [0.25, 0.3) is 0 Å². The number of likely N-dealkylation sites (tertiary alicyclic amines) is 1. The summed E-state index contributed by atoms with van der Waals surface area (Å²) in [5.74, 6) is 1.91. The van der Waals surface area contributed by atoms with Crippen LogP contribution in [0.5, 0.6) is 11.6 Å². The number of rotatable bonds is 5. The molecule has 1 fully saturated rings. The molecule has 24 heavy (non-hydrogen) atoms. The van der Waals surface area contributed by atoms with Crippen LogP contribution in [0.1, 0.15) is 29.0 Å². The van der Waals surface area contributed by atoms with Gasteiger partial charge in [0.2, 0.25) is 5.76 Å². The third-order valence-electron chi connectivity index (χ3n) is 4.49. The quantitative estimate of drug-likeness (QED) is 0.843. The SMILES string of the molecule is COc1ccc(CC2CCN(C(=O)c3cc(OC)no3)CC2)cc1. The van der Waals surface area contributed by atoms with Gasteiger partial charge in [0.15, 0.2) is 0 Å². The van der Waals surface area contributed by atoms with Gasteiger partial charge in [-0.25, -0.2) is 0 Å². The maximum absolute atomic E-state index is 12.4. The Kier molecular flexibility index (Phi) is 5.03. The van der Waals surface area contributed by atoms with Crippen LogP contribution >= 0.6 is 0 Å². The first-order valence-electron chi connectivity index (χ1n) is 8.12. The Bertz CT molecular complexity index is 673. The molecule has 0 saturated carbocycles. The van der Waals surface area contributed by atoms with Gasteiger partial charge in [-0.3, -0.25) is 4.79 Å². The second-order valence-electron chi connectivity index (χ2n) is 6.02. The van der Waals surface area contributed by atoms with E-state index in [1.807, 2.05) is 17.0 Å². The summed E-state index contributed by atoms with van der Waals surface area (Å²) >= 11 is 0. The largest absolute Gasteiger partial charge is 0.497 e. The summed E-state index contributed by atoms with van der Waals surface area (Å²) in [6.07, 6.45) is 3.01. The number of carbonyl (C=O) groups is 1. The molecule has 0 bridgehead atoms. The molecule has 1 aliphatic rings. The van der Waals surface area contributed by atoms with Crippen molar-refractivity contribution in [1.82, 2.24) is 10.1 Å². The second-order valence-corrected chi connectivity index (χ2v) is 6.02. The third-order valence-corrected chi connectivity index (χ3v) is 4.49. The second kappa shape index (κ2) is 7.38. The predicted octanol–water partition coefficient (Wildman–Crippen LogP) is 2.79. The number of methoxy groups -OCH3 is 2. The zero-order chi connectivity index (χ0) is 16.9. The number of amides is 1. The number of benzene rings is 1. The highest BCUT2D eigenvalue weighted by molar-refractivity contribution is 5.91. The smallest absolute Gasteiger partial charge is 0.292 e. The van der Waals surface area contributed by atoms with E-state index in [2.05, 4.69) is 17.3 Å². The van der Waals surface area contributed by atoms with Crippen molar-refractivity contribution in [2.24, 2.45) is 5.92 Å². The highest BCUT2D eigenvalue weighted by Gasteiger charge is 2.26. The van der Waals surface area contributed by atoms with Crippen molar-refractivity contribution in [3.05, 3.63) is 41.7 Å². The van der Waals surface area contributed by atoms with Crippen LogP contribution in [-0.4, -0.2) is 43.3 Å². The van der Waals surface area contributed by atoms with Crippen molar-refractivity contribution in [3.63, 3.8) is 0 Å². The standard InChI is InChI=1S/C18H22N2O4/c1-22-15-5-3-13(4-6-15)11-14-7-9-20(10-8-14)18(21)16-12-17(23-2)19-24-16/h3-6,12,14H,7-11H2,1-2H3. The Labute approximate surface area is 141 Å². The molecule has 6 heteroatoms. The number of nitrogens with zero attached hydrogens (tertiary/aromatic N) is 2. The van der Waals surface area contributed by atoms with Crippen molar-refractivity contribution in [3.8, 4) is 11.6 Å². The molecule has 2 aromatic rings. The Morgan fingerprint density at radius 3 is 2.50 bits per heavy atom. The van der Waals surface area contributed by atoms with Crippen LogP contribution < -0.4 is 9.47 Å². The van der Waals surface area contributed by atoms with Gasteiger partial charge < -0.3 is 18.9 Å². The molecule has 128 valence electrons. The van der Waals surface area contributed by atoms with Crippen molar-refractivity contribution >= 4 is 5.91 Å². The normalized spacial score (nSPS) is 15.3. The van der Waals surface area contributed by atoms with Crippen molar-refractivity contribution in [2.75, 3.05) is 27.3 Å². The van der Waals surface area contributed by atoms with E-state index in [1.54, 1.807) is 7.11 Å². The summed E-state index contributed by atoms with van der Waals surface area (Å²) in [6.45, 7) is 1.48. The van der Waals surface area contributed by atoms with Gasteiger partial charge in [-0.15, -0.1) is 0 Å². The van der Waals surface area contributed by atoms with Gasteiger partial charge in [-0.05, 0) is 48.0 Å². The fourth-order valence-electron chi connectivity index (χ4n) is 3.05. The minimum Gasteiger partial charge on any atom is -0.497 e. The van der Waals surface area contributed by atoms with E-state index < -0.39 is 0 Å². The summed E-state index contributed by atoms with van der Waals surface area (Å²) < 4.78 is 15.2. The van der Waals surface area contributed by atoms with E-state index in [0.717, 1.165) is 38.1 Å². The number of aromatic nitrogens is 1. The molecule has 0 unspecified atom stereocenters. The molecule has 2 heterocycles. The minimum atomic E-state index is -0.117. The number of hydrogen-bond donors (Lipinski definition) is 0. The lowest BCUT2D eigenvalue weighted by Gasteiger charge is -2.31. The fraction of sp³-hybridized carbons (Fsp3) is 0.444. The maximum atomic E-state index is 12.4. The van der Waals surface area contributed by atoms with Gasteiger partial charge in [-0.2, -0.15) is 0 Å². The molecule has 0 spiro atoms. The van der Waals surface area contributed by atoms with Crippen LogP contribution in [0, 0.1) is 5.92 Å². The number of piperidine rings is 1. The number of hydrogen-bond acceptors (Lipinski definition) is 5. The molecule has 6 nitrogen and oxygen atoms in total. The van der Waals surface area contributed by atoms with E-state index in [1.165, 1.54) is 18.7 Å². The lowest BCUT2D eigenvalue weighted by molar-refractivity contribution is 0.0648. The van der Waals surface area contributed by atoms with Crippen molar-refractivity contribution in [1.29, 1.82) is 0 Å². The Morgan fingerprint density at radius 2 is 1.92 bits per heavy atom. The van der Waals surface area contributed by atoms with Gasteiger partial charge >= 0.3 is 0 Å². The third kappa shape index (κ3) is 3.69. The molecular formula is C18H22N2O4. The van der Waals surface area contributed by atoms with Crippen LogP contribution in [0.3, 0.4) is 0 Å². The zero-order valence-electron chi connectivity index (χ0n) is 14.0. The molecule has 1 aliphatic heterocycles. The number of ether oxygens (including phenoxy) is 2. The first-order chi connectivity index (χ1) is 11.7. The van der Waals surface area contributed by atoms with Crippen LogP contribution in [0.4, 0.5) is 0 Å². The summed E-state index contributed by atoms with van der Waals surface area (Å²) in [6, 6.07) is 9.73. The Morgan fingerprint density at radius 1 is 1.21 bits per heavy atom. The minimum absolute atomic E-state index is 0.117. The molecule has 1 aromatic heterocycles. The summed E-state index contributed by atoms with van der Waals surface area (Å²) in [7, 11) is 3.17. The summed E-state index contributed by atoms with van der Waals surface area (Å²) in [5.41, 5.74) is 1.31. The first-order valence-corrected chi connectivity index (χ1v) is 8.12. The number of carbonyl (C=O) groups excluding carboxylic acids is 1. The maximum Gasteiger partial charge on any atom is 0.292 e. The lowest BCUT2D eigenvalue weighted by atomic mass is 9.90. The van der Waals surface area contributed by atoms with Gasteiger partial charge in [-0.1, -0.05) is 12.1 Å². The highest BCUT2D eigenvalue weighted by Crippen LogP contribution is 2.24. The first kappa shape index (κ1) is 16.4.